The van der Waals surface area contributed by atoms with Gasteiger partial charge in [-0.3, -0.25) is 14.6 Å². The van der Waals surface area contributed by atoms with Crippen molar-refractivity contribution in [2.24, 2.45) is 0 Å². The Morgan fingerprint density at radius 1 is 1.09 bits per heavy atom. The molecule has 0 radical (unpaired) electrons. The van der Waals surface area contributed by atoms with Crippen LogP contribution in [0.3, 0.4) is 0 Å². The van der Waals surface area contributed by atoms with Gasteiger partial charge in [0, 0.05) is 6.20 Å². The standard InChI is InChI=1S/C15H10N2O5/c1-21-10-6-9(7-16-8-10)15(20)22-17-13(18)11-4-2-3-5-12(11)14(17)19/h2-8H,1H3. The van der Waals surface area contributed by atoms with Crippen molar-refractivity contribution >= 4 is 17.8 Å². The van der Waals surface area contributed by atoms with Gasteiger partial charge in [-0.05, 0) is 18.2 Å². The minimum absolute atomic E-state index is 0.0657. The van der Waals surface area contributed by atoms with E-state index >= 15 is 0 Å². The molecule has 0 unspecified atom stereocenters. The minimum Gasteiger partial charge on any atom is -0.495 e. The molecular weight excluding hydrogens is 288 g/mol. The van der Waals surface area contributed by atoms with E-state index < -0.39 is 17.8 Å². The van der Waals surface area contributed by atoms with Gasteiger partial charge in [0.1, 0.15) is 5.75 Å². The van der Waals surface area contributed by atoms with Gasteiger partial charge in [0.2, 0.25) is 0 Å². The molecule has 0 bridgehead atoms. The van der Waals surface area contributed by atoms with E-state index in [2.05, 4.69) is 4.98 Å². The quantitative estimate of drug-likeness (QED) is 0.797. The van der Waals surface area contributed by atoms with Gasteiger partial charge in [-0.2, -0.15) is 0 Å². The van der Waals surface area contributed by atoms with E-state index in [1.54, 1.807) is 12.1 Å². The fourth-order valence-corrected chi connectivity index (χ4v) is 2.03. The number of hydrogen-bond acceptors (Lipinski definition) is 6. The number of imide groups is 1. The largest absolute Gasteiger partial charge is 0.495 e. The van der Waals surface area contributed by atoms with E-state index in [1.165, 1.54) is 37.7 Å². The summed E-state index contributed by atoms with van der Waals surface area (Å²) in [4.78, 5) is 44.9. The van der Waals surface area contributed by atoms with Crippen LogP contribution < -0.4 is 4.74 Å². The summed E-state index contributed by atoms with van der Waals surface area (Å²) in [6.45, 7) is 0. The Labute approximate surface area is 125 Å². The van der Waals surface area contributed by atoms with Crippen molar-refractivity contribution in [3.05, 3.63) is 59.4 Å². The highest BCUT2D eigenvalue weighted by molar-refractivity contribution is 6.21. The fraction of sp³-hybridized carbons (Fsp3) is 0.0667. The van der Waals surface area contributed by atoms with Gasteiger partial charge in [0.05, 0.1) is 30.0 Å². The summed E-state index contributed by atoms with van der Waals surface area (Å²) >= 11 is 0. The molecule has 0 saturated carbocycles. The average Bonchev–Trinajstić information content (AvgIpc) is 2.80. The van der Waals surface area contributed by atoms with Gasteiger partial charge in [-0.1, -0.05) is 17.2 Å². The number of hydroxylamine groups is 2. The number of nitrogens with zero attached hydrogens (tertiary/aromatic N) is 2. The SMILES string of the molecule is COc1cncc(C(=O)ON2C(=O)c3ccccc3C2=O)c1. The third-order valence-corrected chi connectivity index (χ3v) is 3.12. The van der Waals surface area contributed by atoms with Crippen molar-refractivity contribution in [1.82, 2.24) is 10.0 Å². The first-order chi connectivity index (χ1) is 10.6. The number of amides is 2. The van der Waals surface area contributed by atoms with E-state index in [9.17, 15) is 14.4 Å². The van der Waals surface area contributed by atoms with Crippen LogP contribution in [0.25, 0.3) is 0 Å². The molecule has 0 fully saturated rings. The van der Waals surface area contributed by atoms with Crippen molar-refractivity contribution in [1.29, 1.82) is 0 Å². The zero-order valence-electron chi connectivity index (χ0n) is 11.5. The van der Waals surface area contributed by atoms with Crippen molar-refractivity contribution in [2.45, 2.75) is 0 Å². The summed E-state index contributed by atoms with van der Waals surface area (Å²) in [5, 5.41) is 0.451. The van der Waals surface area contributed by atoms with E-state index in [4.69, 9.17) is 9.57 Å². The van der Waals surface area contributed by atoms with E-state index in [0.29, 0.717) is 10.8 Å². The highest BCUT2D eigenvalue weighted by Gasteiger charge is 2.38. The Kier molecular flexibility index (Phi) is 3.30. The molecule has 22 heavy (non-hydrogen) atoms. The van der Waals surface area contributed by atoms with Gasteiger partial charge in [0.25, 0.3) is 11.8 Å². The maximum atomic E-state index is 12.1. The number of methoxy groups -OCH3 is 1. The van der Waals surface area contributed by atoms with Crippen molar-refractivity contribution in [2.75, 3.05) is 7.11 Å². The second kappa shape index (κ2) is 5.28. The third kappa shape index (κ3) is 2.18. The first kappa shape index (κ1) is 13.7. The monoisotopic (exact) mass is 298 g/mol. The number of carbonyl (C=O) groups excluding carboxylic acids is 3. The fourth-order valence-electron chi connectivity index (χ4n) is 2.03. The molecule has 0 N–H and O–H groups in total. The number of aromatic nitrogens is 1. The van der Waals surface area contributed by atoms with E-state index in [1.807, 2.05) is 0 Å². The lowest BCUT2D eigenvalue weighted by Gasteiger charge is -2.12. The maximum absolute atomic E-state index is 12.1. The molecule has 2 amide bonds. The molecule has 0 aliphatic carbocycles. The number of benzene rings is 1. The van der Waals surface area contributed by atoms with Crippen LogP contribution in [0.2, 0.25) is 0 Å². The summed E-state index contributed by atoms with van der Waals surface area (Å²) in [6, 6.07) is 7.64. The van der Waals surface area contributed by atoms with Crippen molar-refractivity contribution in [3.63, 3.8) is 0 Å². The van der Waals surface area contributed by atoms with Crippen LogP contribution in [0.15, 0.2) is 42.7 Å². The molecule has 0 saturated heterocycles. The summed E-state index contributed by atoms with van der Waals surface area (Å²) in [6.07, 6.45) is 2.67. The van der Waals surface area contributed by atoms with Gasteiger partial charge in [-0.25, -0.2) is 4.79 Å². The molecule has 2 heterocycles. The number of hydrogen-bond donors (Lipinski definition) is 0. The molecule has 3 rings (SSSR count). The van der Waals surface area contributed by atoms with Gasteiger partial charge < -0.3 is 9.57 Å². The van der Waals surface area contributed by atoms with Crippen LogP contribution in [-0.2, 0) is 4.84 Å². The summed E-state index contributed by atoms with van der Waals surface area (Å²) in [5.74, 6) is -1.87. The van der Waals surface area contributed by atoms with Crippen LogP contribution >= 0.6 is 0 Å². The van der Waals surface area contributed by atoms with Crippen LogP contribution in [0.5, 0.6) is 5.75 Å². The van der Waals surface area contributed by atoms with Crippen LogP contribution in [0.1, 0.15) is 31.1 Å². The predicted molar refractivity (Wildman–Crippen MR) is 73.1 cm³/mol. The second-order valence-electron chi connectivity index (χ2n) is 4.44. The highest BCUT2D eigenvalue weighted by atomic mass is 16.7. The summed E-state index contributed by atoms with van der Waals surface area (Å²) in [5.41, 5.74) is 0.462. The highest BCUT2D eigenvalue weighted by Crippen LogP contribution is 2.23. The molecule has 2 aromatic rings. The van der Waals surface area contributed by atoms with Gasteiger partial charge in [0.15, 0.2) is 0 Å². The third-order valence-electron chi connectivity index (χ3n) is 3.12. The Morgan fingerprint density at radius 3 is 2.32 bits per heavy atom. The van der Waals surface area contributed by atoms with Crippen LogP contribution in [-0.4, -0.2) is 34.9 Å². The smallest absolute Gasteiger partial charge is 0.365 e. The number of fused-ring (bicyclic) bond motifs is 1. The number of pyridine rings is 1. The van der Waals surface area contributed by atoms with Gasteiger partial charge in [-0.15, -0.1) is 0 Å². The summed E-state index contributed by atoms with van der Waals surface area (Å²) < 4.78 is 4.95. The molecular formula is C15H10N2O5. The maximum Gasteiger partial charge on any atom is 0.365 e. The molecule has 1 aliphatic heterocycles. The zero-order chi connectivity index (χ0) is 15.7. The molecule has 0 spiro atoms. The average molecular weight is 298 g/mol. The topological polar surface area (TPSA) is 85.8 Å². The molecule has 1 aromatic heterocycles. The Bertz CT molecular complexity index is 752. The first-order valence-electron chi connectivity index (χ1n) is 6.31. The minimum atomic E-state index is -0.874. The molecule has 1 aromatic carbocycles. The lowest BCUT2D eigenvalue weighted by atomic mass is 10.1. The van der Waals surface area contributed by atoms with Gasteiger partial charge >= 0.3 is 5.97 Å². The number of carbonyl (C=O) groups is 3. The molecule has 110 valence electrons. The van der Waals surface area contributed by atoms with E-state index in [-0.39, 0.29) is 16.7 Å². The van der Waals surface area contributed by atoms with Crippen molar-refractivity contribution < 1.29 is 24.0 Å². The van der Waals surface area contributed by atoms with Crippen LogP contribution in [0.4, 0.5) is 0 Å². The Morgan fingerprint density at radius 2 is 1.73 bits per heavy atom. The summed E-state index contributed by atoms with van der Waals surface area (Å²) in [7, 11) is 1.43. The first-order valence-corrected chi connectivity index (χ1v) is 6.31. The lowest BCUT2D eigenvalue weighted by Crippen LogP contribution is -2.32. The van der Waals surface area contributed by atoms with Crippen molar-refractivity contribution in [3.8, 4) is 5.75 Å². The zero-order valence-corrected chi connectivity index (χ0v) is 11.5. The number of rotatable bonds is 3. The Balaban J connectivity index is 1.84. The predicted octanol–water partition coefficient (Wildman–Crippen LogP) is 1.46. The molecule has 7 heteroatoms. The second-order valence-corrected chi connectivity index (χ2v) is 4.44. The molecule has 1 aliphatic rings. The normalized spacial score (nSPS) is 13.0. The van der Waals surface area contributed by atoms with E-state index in [0.717, 1.165) is 0 Å². The van der Waals surface area contributed by atoms with Crippen LogP contribution in [0, 0.1) is 0 Å². The molecule has 7 nitrogen and oxygen atoms in total. The Hall–Kier alpha value is -3.22. The lowest BCUT2D eigenvalue weighted by molar-refractivity contribution is -0.0585. The number of ether oxygens (including phenoxy) is 1. The molecule has 0 atom stereocenters.